The molecule has 1 heterocycles. The molecule has 0 aliphatic rings. The molecule has 0 saturated carbocycles. The van der Waals surface area contributed by atoms with E-state index < -0.39 is 0 Å². The fraction of sp³-hybridized carbons (Fsp3) is 0.348. The number of carbonyl (C=O) groups excluding carboxylic acids is 1. The smallest absolute Gasteiger partial charge is 0.298 e. The number of aromatic nitrogens is 3. The first-order valence-electron chi connectivity index (χ1n) is 9.85. The minimum absolute atomic E-state index is 0.0199. The number of hydrogen-bond acceptors (Lipinski definition) is 3. The molecule has 29 heavy (non-hydrogen) atoms. The van der Waals surface area contributed by atoms with Crippen molar-refractivity contribution in [2.24, 2.45) is 5.92 Å². The normalized spacial score (nSPS) is 11.2. The maximum Gasteiger partial charge on any atom is 0.346 e. The van der Waals surface area contributed by atoms with Crippen LogP contribution in [0.2, 0.25) is 5.02 Å². The Bertz CT molecular complexity index is 1070. The lowest BCUT2D eigenvalue weighted by atomic mass is 10.1. The molecule has 0 aliphatic carbocycles. The van der Waals surface area contributed by atoms with Gasteiger partial charge in [0.25, 0.3) is 0 Å². The summed E-state index contributed by atoms with van der Waals surface area (Å²) in [7, 11) is 0. The van der Waals surface area contributed by atoms with E-state index in [0.29, 0.717) is 35.8 Å². The molecule has 5 nitrogen and oxygen atoms in total. The van der Waals surface area contributed by atoms with Gasteiger partial charge in [-0.2, -0.15) is 0 Å². The van der Waals surface area contributed by atoms with Gasteiger partial charge in [0.15, 0.2) is 11.6 Å². The molecule has 2 aromatic carbocycles. The SMILES string of the molecule is Cc1cccc(CCC(=O)Cn2nc(-c3ccccc3Cl)n(CC(C)C)c2=O)c1. The summed E-state index contributed by atoms with van der Waals surface area (Å²) in [5.41, 5.74) is 2.70. The first-order chi connectivity index (χ1) is 13.8. The highest BCUT2D eigenvalue weighted by Crippen LogP contribution is 2.25. The topological polar surface area (TPSA) is 56.9 Å². The van der Waals surface area contributed by atoms with Crippen LogP contribution in [0, 0.1) is 12.8 Å². The fourth-order valence-electron chi connectivity index (χ4n) is 3.31. The molecule has 0 bridgehead atoms. The Hall–Kier alpha value is -2.66. The van der Waals surface area contributed by atoms with E-state index in [1.54, 1.807) is 10.6 Å². The monoisotopic (exact) mass is 411 g/mol. The summed E-state index contributed by atoms with van der Waals surface area (Å²) >= 11 is 6.33. The van der Waals surface area contributed by atoms with Crippen LogP contribution >= 0.6 is 11.6 Å². The number of rotatable bonds is 8. The number of aryl methyl sites for hydroxylation is 2. The van der Waals surface area contributed by atoms with Gasteiger partial charge in [-0.05, 0) is 37.0 Å². The third-order valence-electron chi connectivity index (χ3n) is 4.69. The highest BCUT2D eigenvalue weighted by molar-refractivity contribution is 6.33. The van der Waals surface area contributed by atoms with Crippen molar-refractivity contribution >= 4 is 17.4 Å². The second-order valence-electron chi connectivity index (χ2n) is 7.78. The predicted molar refractivity (Wildman–Crippen MR) is 116 cm³/mol. The molecule has 0 N–H and O–H groups in total. The minimum atomic E-state index is -0.280. The highest BCUT2D eigenvalue weighted by Gasteiger charge is 2.19. The summed E-state index contributed by atoms with van der Waals surface area (Å²) < 4.78 is 2.87. The van der Waals surface area contributed by atoms with Crippen LogP contribution in [0.4, 0.5) is 0 Å². The third kappa shape index (κ3) is 5.24. The van der Waals surface area contributed by atoms with Gasteiger partial charge in [-0.1, -0.05) is 67.4 Å². The van der Waals surface area contributed by atoms with Crippen LogP contribution in [0.5, 0.6) is 0 Å². The maximum atomic E-state index is 12.9. The summed E-state index contributed by atoms with van der Waals surface area (Å²) in [6.45, 7) is 6.58. The number of hydrogen-bond donors (Lipinski definition) is 0. The molecule has 0 amide bonds. The number of ketones is 1. The quantitative estimate of drug-likeness (QED) is 0.547. The molecule has 0 saturated heterocycles. The van der Waals surface area contributed by atoms with E-state index in [1.165, 1.54) is 10.2 Å². The molecular weight excluding hydrogens is 386 g/mol. The van der Waals surface area contributed by atoms with Gasteiger partial charge in [-0.3, -0.25) is 9.36 Å². The Balaban J connectivity index is 1.83. The van der Waals surface area contributed by atoms with Crippen LogP contribution in [0.3, 0.4) is 0 Å². The number of Topliss-reactive ketones (excluding diaryl/α,β-unsaturated/α-hetero) is 1. The molecular formula is C23H26ClN3O2. The van der Waals surface area contributed by atoms with Gasteiger partial charge >= 0.3 is 5.69 Å². The second kappa shape index (κ2) is 9.23. The van der Waals surface area contributed by atoms with Crippen molar-refractivity contribution in [1.82, 2.24) is 14.3 Å². The van der Waals surface area contributed by atoms with Crippen molar-refractivity contribution in [2.75, 3.05) is 0 Å². The minimum Gasteiger partial charge on any atom is -0.298 e. The lowest BCUT2D eigenvalue weighted by Gasteiger charge is -2.09. The van der Waals surface area contributed by atoms with Gasteiger partial charge in [0.1, 0.15) is 6.54 Å². The average molecular weight is 412 g/mol. The number of nitrogens with zero attached hydrogens (tertiary/aromatic N) is 3. The lowest BCUT2D eigenvalue weighted by molar-refractivity contribution is -0.119. The largest absolute Gasteiger partial charge is 0.346 e. The van der Waals surface area contributed by atoms with Crippen LogP contribution in [-0.2, 0) is 24.3 Å². The lowest BCUT2D eigenvalue weighted by Crippen LogP contribution is -2.29. The van der Waals surface area contributed by atoms with Crippen molar-refractivity contribution in [2.45, 2.75) is 46.7 Å². The number of carbonyl (C=O) groups is 1. The van der Waals surface area contributed by atoms with Crippen molar-refractivity contribution in [3.8, 4) is 11.4 Å². The molecule has 0 atom stereocenters. The maximum absolute atomic E-state index is 12.9. The van der Waals surface area contributed by atoms with Gasteiger partial charge in [-0.25, -0.2) is 9.48 Å². The third-order valence-corrected chi connectivity index (χ3v) is 5.02. The molecule has 0 aliphatic heterocycles. The van der Waals surface area contributed by atoms with Crippen LogP contribution in [0.1, 0.15) is 31.4 Å². The zero-order chi connectivity index (χ0) is 21.0. The van der Waals surface area contributed by atoms with E-state index >= 15 is 0 Å². The molecule has 6 heteroatoms. The number of halogens is 1. The van der Waals surface area contributed by atoms with E-state index in [2.05, 4.69) is 11.2 Å². The first kappa shape index (κ1) is 21.1. The average Bonchev–Trinajstić information content (AvgIpc) is 2.96. The second-order valence-corrected chi connectivity index (χ2v) is 8.18. The zero-order valence-electron chi connectivity index (χ0n) is 17.1. The van der Waals surface area contributed by atoms with Crippen molar-refractivity contribution in [3.63, 3.8) is 0 Å². The fourth-order valence-corrected chi connectivity index (χ4v) is 3.53. The molecule has 3 aromatic rings. The summed E-state index contributed by atoms with van der Waals surface area (Å²) in [6.07, 6.45) is 1.02. The Labute approximate surface area is 175 Å². The van der Waals surface area contributed by atoms with Gasteiger partial charge in [0, 0.05) is 18.5 Å². The Morgan fingerprint density at radius 2 is 1.90 bits per heavy atom. The molecule has 0 fully saturated rings. The van der Waals surface area contributed by atoms with E-state index in [-0.39, 0.29) is 23.9 Å². The summed E-state index contributed by atoms with van der Waals surface area (Å²) in [6, 6.07) is 15.4. The van der Waals surface area contributed by atoms with Crippen LogP contribution in [0.25, 0.3) is 11.4 Å². The van der Waals surface area contributed by atoms with Crippen molar-refractivity contribution in [1.29, 1.82) is 0 Å². The number of benzene rings is 2. The Kier molecular flexibility index (Phi) is 6.70. The summed E-state index contributed by atoms with van der Waals surface area (Å²) in [4.78, 5) is 25.5. The predicted octanol–water partition coefficient (Wildman–Crippen LogP) is 4.53. The van der Waals surface area contributed by atoms with Crippen LogP contribution < -0.4 is 5.69 Å². The van der Waals surface area contributed by atoms with E-state index in [1.807, 2.05) is 57.2 Å². The molecule has 0 radical (unpaired) electrons. The van der Waals surface area contributed by atoms with E-state index in [4.69, 9.17) is 11.6 Å². The Morgan fingerprint density at radius 1 is 1.14 bits per heavy atom. The van der Waals surface area contributed by atoms with E-state index in [0.717, 1.165) is 5.56 Å². The van der Waals surface area contributed by atoms with Crippen molar-refractivity contribution in [3.05, 3.63) is 75.2 Å². The van der Waals surface area contributed by atoms with Gasteiger partial charge < -0.3 is 0 Å². The van der Waals surface area contributed by atoms with Crippen LogP contribution in [0.15, 0.2) is 53.3 Å². The van der Waals surface area contributed by atoms with E-state index in [9.17, 15) is 9.59 Å². The highest BCUT2D eigenvalue weighted by atomic mass is 35.5. The first-order valence-corrected chi connectivity index (χ1v) is 10.2. The molecule has 0 unspecified atom stereocenters. The zero-order valence-corrected chi connectivity index (χ0v) is 17.8. The molecule has 3 rings (SSSR count). The van der Waals surface area contributed by atoms with Gasteiger partial charge in [0.2, 0.25) is 0 Å². The molecule has 152 valence electrons. The van der Waals surface area contributed by atoms with Crippen molar-refractivity contribution < 1.29 is 4.79 Å². The summed E-state index contributed by atoms with van der Waals surface area (Å²) in [5, 5.41) is 4.99. The summed E-state index contributed by atoms with van der Waals surface area (Å²) in [5.74, 6) is 0.734. The molecule has 1 aromatic heterocycles. The van der Waals surface area contributed by atoms with Gasteiger partial charge in [0.05, 0.1) is 5.02 Å². The molecule has 0 spiro atoms. The standard InChI is InChI=1S/C23H26ClN3O2/c1-16(2)14-26-22(20-9-4-5-10-21(20)24)25-27(23(26)29)15-19(28)12-11-18-8-6-7-17(3)13-18/h4-10,13,16H,11-12,14-15H2,1-3H3. The Morgan fingerprint density at radius 3 is 2.59 bits per heavy atom. The van der Waals surface area contributed by atoms with Gasteiger partial charge in [-0.15, -0.1) is 5.10 Å². The van der Waals surface area contributed by atoms with Crippen LogP contribution in [-0.4, -0.2) is 20.1 Å².